The van der Waals surface area contributed by atoms with Gasteiger partial charge in [-0.3, -0.25) is 4.79 Å². The first-order chi connectivity index (χ1) is 10.2. The van der Waals surface area contributed by atoms with Gasteiger partial charge in [0, 0.05) is 17.5 Å². The number of esters is 1. The summed E-state index contributed by atoms with van der Waals surface area (Å²) in [4.78, 5) is 24.0. The highest BCUT2D eigenvalue weighted by Gasteiger charge is 2.04. The van der Waals surface area contributed by atoms with E-state index in [0.717, 1.165) is 10.4 Å². The van der Waals surface area contributed by atoms with E-state index < -0.39 is 0 Å². The zero-order valence-electron chi connectivity index (χ0n) is 11.5. The molecule has 4 nitrogen and oxygen atoms in total. The predicted octanol–water partition coefficient (Wildman–Crippen LogP) is 2.86. The summed E-state index contributed by atoms with van der Waals surface area (Å²) in [6.07, 6.45) is 3.29. The molecule has 0 aliphatic rings. The highest BCUT2D eigenvalue weighted by molar-refractivity contribution is 7.10. The molecule has 21 heavy (non-hydrogen) atoms. The molecule has 0 aliphatic carbocycles. The third-order valence-corrected chi connectivity index (χ3v) is 3.62. The maximum absolute atomic E-state index is 11.7. The number of carbonyl (C=O) groups excluding carboxylic acids is 2. The van der Waals surface area contributed by atoms with Crippen LogP contribution in [-0.2, 0) is 16.1 Å². The van der Waals surface area contributed by atoms with Gasteiger partial charge in [-0.05, 0) is 35.2 Å². The molecular weight excluding hydrogens is 286 g/mol. The zero-order chi connectivity index (χ0) is 15.1. The Bertz CT molecular complexity index is 630. The van der Waals surface area contributed by atoms with E-state index in [9.17, 15) is 9.59 Å². The molecule has 1 aromatic carbocycles. The molecule has 5 heteroatoms. The first-order valence-corrected chi connectivity index (χ1v) is 7.23. The second-order valence-corrected chi connectivity index (χ2v) is 5.23. The van der Waals surface area contributed by atoms with Crippen LogP contribution in [0.5, 0.6) is 0 Å². The Morgan fingerprint density at radius 3 is 2.62 bits per heavy atom. The van der Waals surface area contributed by atoms with Crippen molar-refractivity contribution in [1.29, 1.82) is 0 Å². The molecule has 0 fully saturated rings. The second-order valence-electron chi connectivity index (χ2n) is 4.26. The monoisotopic (exact) mass is 301 g/mol. The van der Waals surface area contributed by atoms with Crippen molar-refractivity contribution in [3.8, 4) is 0 Å². The van der Waals surface area contributed by atoms with E-state index >= 15 is 0 Å². The summed E-state index contributed by atoms with van der Waals surface area (Å²) >= 11 is 1.58. The van der Waals surface area contributed by atoms with Crippen molar-refractivity contribution in [1.82, 2.24) is 5.32 Å². The van der Waals surface area contributed by atoms with Crippen LogP contribution in [0.2, 0.25) is 0 Å². The van der Waals surface area contributed by atoms with Crippen LogP contribution >= 0.6 is 11.3 Å². The number of amides is 1. The van der Waals surface area contributed by atoms with Crippen LogP contribution in [0.15, 0.2) is 47.9 Å². The second kappa shape index (κ2) is 7.40. The van der Waals surface area contributed by atoms with E-state index in [1.807, 2.05) is 17.5 Å². The van der Waals surface area contributed by atoms with E-state index in [-0.39, 0.29) is 11.9 Å². The lowest BCUT2D eigenvalue weighted by molar-refractivity contribution is -0.116. The number of hydrogen-bond acceptors (Lipinski definition) is 4. The van der Waals surface area contributed by atoms with Crippen molar-refractivity contribution >= 4 is 29.3 Å². The van der Waals surface area contributed by atoms with Crippen LogP contribution in [0.25, 0.3) is 6.08 Å². The summed E-state index contributed by atoms with van der Waals surface area (Å²) in [6, 6.07) is 10.8. The van der Waals surface area contributed by atoms with Gasteiger partial charge in [0.1, 0.15) is 0 Å². The van der Waals surface area contributed by atoms with Gasteiger partial charge in [-0.25, -0.2) is 4.79 Å². The van der Waals surface area contributed by atoms with E-state index in [2.05, 4.69) is 10.1 Å². The lowest BCUT2D eigenvalue weighted by Crippen LogP contribution is -2.20. The Kier molecular flexibility index (Phi) is 5.29. The largest absolute Gasteiger partial charge is 0.465 e. The molecule has 0 unspecified atom stereocenters. The predicted molar refractivity (Wildman–Crippen MR) is 83.0 cm³/mol. The van der Waals surface area contributed by atoms with Gasteiger partial charge in [-0.2, -0.15) is 0 Å². The van der Waals surface area contributed by atoms with Gasteiger partial charge in [0.2, 0.25) is 5.91 Å². The molecule has 1 amide bonds. The number of nitrogens with one attached hydrogen (secondary N) is 1. The van der Waals surface area contributed by atoms with Gasteiger partial charge in [0.25, 0.3) is 0 Å². The van der Waals surface area contributed by atoms with E-state index in [1.165, 1.54) is 13.2 Å². The van der Waals surface area contributed by atoms with Gasteiger partial charge in [-0.1, -0.05) is 18.2 Å². The highest BCUT2D eigenvalue weighted by atomic mass is 32.1. The molecule has 1 aromatic heterocycles. The van der Waals surface area contributed by atoms with Crippen molar-refractivity contribution < 1.29 is 14.3 Å². The van der Waals surface area contributed by atoms with Gasteiger partial charge in [0.05, 0.1) is 12.7 Å². The molecule has 2 aromatic rings. The summed E-state index contributed by atoms with van der Waals surface area (Å²) < 4.78 is 4.62. The average molecular weight is 301 g/mol. The molecule has 1 heterocycles. The van der Waals surface area contributed by atoms with Crippen molar-refractivity contribution in [3.63, 3.8) is 0 Å². The third kappa shape index (κ3) is 4.57. The first kappa shape index (κ1) is 15.0. The van der Waals surface area contributed by atoms with E-state index in [1.54, 1.807) is 41.7 Å². The number of thiophene rings is 1. The summed E-state index contributed by atoms with van der Waals surface area (Å²) in [5, 5.41) is 4.75. The Balaban J connectivity index is 1.85. The standard InChI is InChI=1S/C16H15NO3S/c1-20-16(19)13-6-4-12(5-7-13)11-17-15(18)9-8-14-3-2-10-21-14/h2-10H,11H2,1H3,(H,17,18). The normalized spacial score (nSPS) is 10.5. The van der Waals surface area contributed by atoms with Gasteiger partial charge in [0.15, 0.2) is 0 Å². The van der Waals surface area contributed by atoms with Crippen molar-refractivity contribution in [2.45, 2.75) is 6.54 Å². The zero-order valence-corrected chi connectivity index (χ0v) is 12.4. The first-order valence-electron chi connectivity index (χ1n) is 6.35. The van der Waals surface area contributed by atoms with Crippen molar-refractivity contribution in [3.05, 3.63) is 63.9 Å². The number of rotatable bonds is 5. The number of hydrogen-bond donors (Lipinski definition) is 1. The molecule has 0 bridgehead atoms. The molecule has 0 saturated heterocycles. The molecule has 2 rings (SSSR count). The van der Waals surface area contributed by atoms with Gasteiger partial charge in [-0.15, -0.1) is 11.3 Å². The lowest BCUT2D eigenvalue weighted by atomic mass is 10.1. The molecule has 0 saturated carbocycles. The topological polar surface area (TPSA) is 55.4 Å². The smallest absolute Gasteiger partial charge is 0.337 e. The molecule has 1 N–H and O–H groups in total. The minimum atomic E-state index is -0.371. The number of ether oxygens (including phenoxy) is 1. The van der Waals surface area contributed by atoms with E-state index in [0.29, 0.717) is 12.1 Å². The fourth-order valence-electron chi connectivity index (χ4n) is 1.67. The molecule has 0 spiro atoms. The van der Waals surface area contributed by atoms with Crippen LogP contribution < -0.4 is 5.32 Å². The minimum absolute atomic E-state index is 0.152. The van der Waals surface area contributed by atoms with Crippen LogP contribution in [0.4, 0.5) is 0 Å². The summed E-state index contributed by atoms with van der Waals surface area (Å²) in [7, 11) is 1.34. The number of carbonyl (C=O) groups is 2. The van der Waals surface area contributed by atoms with Gasteiger partial charge < -0.3 is 10.1 Å². The third-order valence-electron chi connectivity index (χ3n) is 2.78. The van der Waals surface area contributed by atoms with Crippen LogP contribution in [0.1, 0.15) is 20.8 Å². The highest BCUT2D eigenvalue weighted by Crippen LogP contribution is 2.10. The quantitative estimate of drug-likeness (QED) is 0.682. The molecule has 0 aliphatic heterocycles. The molecule has 0 atom stereocenters. The maximum Gasteiger partial charge on any atom is 0.337 e. The SMILES string of the molecule is COC(=O)c1ccc(CNC(=O)C=Cc2cccs2)cc1. The average Bonchev–Trinajstić information content (AvgIpc) is 3.04. The fraction of sp³-hybridized carbons (Fsp3) is 0.125. The number of methoxy groups -OCH3 is 1. The van der Waals surface area contributed by atoms with Crippen LogP contribution in [-0.4, -0.2) is 19.0 Å². The minimum Gasteiger partial charge on any atom is -0.465 e. The fourth-order valence-corrected chi connectivity index (χ4v) is 2.29. The Labute approximate surface area is 127 Å². The Hall–Kier alpha value is -2.40. The molecule has 0 radical (unpaired) electrons. The summed E-state index contributed by atoms with van der Waals surface area (Å²) in [6.45, 7) is 0.412. The van der Waals surface area contributed by atoms with Crippen molar-refractivity contribution in [2.24, 2.45) is 0 Å². The van der Waals surface area contributed by atoms with E-state index in [4.69, 9.17) is 0 Å². The molecular formula is C16H15NO3S. The maximum atomic E-state index is 11.7. The van der Waals surface area contributed by atoms with Gasteiger partial charge >= 0.3 is 5.97 Å². The van der Waals surface area contributed by atoms with Crippen molar-refractivity contribution in [2.75, 3.05) is 7.11 Å². The summed E-state index contributed by atoms with van der Waals surface area (Å²) in [5.41, 5.74) is 1.41. The summed E-state index contributed by atoms with van der Waals surface area (Å²) in [5.74, 6) is -0.523. The Morgan fingerprint density at radius 1 is 1.24 bits per heavy atom. The Morgan fingerprint density at radius 2 is 2.00 bits per heavy atom. The molecule has 108 valence electrons. The number of benzene rings is 1. The van der Waals surface area contributed by atoms with Crippen LogP contribution in [0.3, 0.4) is 0 Å². The van der Waals surface area contributed by atoms with Crippen LogP contribution in [0, 0.1) is 0 Å². The lowest BCUT2D eigenvalue weighted by Gasteiger charge is -2.04.